The summed E-state index contributed by atoms with van der Waals surface area (Å²) in [5, 5.41) is 19.2. The highest BCUT2D eigenvalue weighted by Gasteiger charge is 2.17. The first-order chi connectivity index (χ1) is 15.1. The van der Waals surface area contributed by atoms with Crippen molar-refractivity contribution in [2.45, 2.75) is 52.4 Å². The molecule has 0 aliphatic carbocycles. The summed E-state index contributed by atoms with van der Waals surface area (Å²) in [6, 6.07) is 12.9. The van der Waals surface area contributed by atoms with Gasteiger partial charge < -0.3 is 13.9 Å². The van der Waals surface area contributed by atoms with Crippen molar-refractivity contribution in [2.24, 2.45) is 0 Å². The lowest BCUT2D eigenvalue weighted by molar-refractivity contribution is 0.464. The van der Waals surface area contributed by atoms with Gasteiger partial charge in [-0.25, -0.2) is 4.79 Å². The summed E-state index contributed by atoms with van der Waals surface area (Å²) >= 11 is 0. The summed E-state index contributed by atoms with van der Waals surface area (Å²) in [6.07, 6.45) is 6.13. The largest absolute Gasteiger partial charge is 0.508 e. The zero-order valence-electron chi connectivity index (χ0n) is 17.9. The van der Waals surface area contributed by atoms with Crippen molar-refractivity contribution in [3.05, 3.63) is 64.0 Å². The Morgan fingerprint density at radius 1 is 0.935 bits per heavy atom. The first kappa shape index (κ1) is 20.8. The lowest BCUT2D eigenvalue weighted by Gasteiger charge is -2.07. The lowest BCUT2D eigenvalue weighted by atomic mass is 10.0. The summed E-state index contributed by atoms with van der Waals surface area (Å²) in [5.41, 5.74) is 2.77. The van der Waals surface area contributed by atoms with Crippen molar-refractivity contribution < 1.29 is 13.9 Å². The van der Waals surface area contributed by atoms with E-state index in [1.807, 2.05) is 30.3 Å². The van der Waals surface area contributed by atoms with Crippen LogP contribution in [0.15, 0.2) is 56.1 Å². The van der Waals surface area contributed by atoms with Gasteiger partial charge in [-0.15, -0.1) is 10.2 Å². The maximum Gasteiger partial charge on any atom is 0.349 e. The van der Waals surface area contributed by atoms with Gasteiger partial charge in [-0.2, -0.15) is 0 Å². The molecule has 0 saturated carbocycles. The van der Waals surface area contributed by atoms with Gasteiger partial charge in [0.1, 0.15) is 16.9 Å². The molecule has 4 aromatic rings. The Morgan fingerprint density at radius 3 is 2.58 bits per heavy atom. The second-order valence-corrected chi connectivity index (χ2v) is 7.74. The maximum absolute atomic E-state index is 12.5. The van der Waals surface area contributed by atoms with Gasteiger partial charge >= 0.3 is 5.63 Å². The molecular formula is C25H26N2O4. The molecule has 0 aliphatic heterocycles. The normalized spacial score (nSPS) is 11.3. The lowest BCUT2D eigenvalue weighted by Crippen LogP contribution is -2.03. The number of unbranched alkanes of at least 4 members (excludes halogenated alkanes) is 3. The van der Waals surface area contributed by atoms with Crippen LogP contribution in [0.3, 0.4) is 0 Å². The van der Waals surface area contributed by atoms with E-state index in [1.165, 1.54) is 12.5 Å². The number of phenols is 1. The van der Waals surface area contributed by atoms with Crippen LogP contribution in [-0.4, -0.2) is 15.3 Å². The van der Waals surface area contributed by atoms with Crippen LogP contribution in [0.2, 0.25) is 0 Å². The van der Waals surface area contributed by atoms with Gasteiger partial charge in [0.05, 0.1) is 0 Å². The zero-order chi connectivity index (χ0) is 21.8. The highest BCUT2D eigenvalue weighted by molar-refractivity contribution is 5.82. The van der Waals surface area contributed by atoms with Crippen molar-refractivity contribution in [1.29, 1.82) is 0 Å². The minimum absolute atomic E-state index is 0.116. The molecule has 2 heterocycles. The van der Waals surface area contributed by atoms with Crippen LogP contribution in [0.1, 0.15) is 50.7 Å². The molecule has 0 aliphatic rings. The molecule has 0 bridgehead atoms. The van der Waals surface area contributed by atoms with Gasteiger partial charge in [0.25, 0.3) is 5.89 Å². The molecule has 0 fully saturated rings. The predicted molar refractivity (Wildman–Crippen MR) is 120 cm³/mol. The van der Waals surface area contributed by atoms with Gasteiger partial charge in [0.2, 0.25) is 5.89 Å². The van der Waals surface area contributed by atoms with Crippen LogP contribution >= 0.6 is 0 Å². The fourth-order valence-electron chi connectivity index (χ4n) is 3.67. The van der Waals surface area contributed by atoms with Gasteiger partial charge in [-0.3, -0.25) is 0 Å². The highest BCUT2D eigenvalue weighted by Crippen LogP contribution is 2.29. The van der Waals surface area contributed by atoms with Crippen molar-refractivity contribution in [3.8, 4) is 28.7 Å². The number of hydrogen-bond acceptors (Lipinski definition) is 6. The van der Waals surface area contributed by atoms with Crippen molar-refractivity contribution in [1.82, 2.24) is 10.2 Å². The van der Waals surface area contributed by atoms with Crippen LogP contribution in [0, 0.1) is 0 Å². The summed E-state index contributed by atoms with van der Waals surface area (Å²) in [4.78, 5) is 12.5. The number of aromatic nitrogens is 2. The second kappa shape index (κ2) is 9.16. The number of hydrogen-bond donors (Lipinski definition) is 1. The van der Waals surface area contributed by atoms with Gasteiger partial charge in [0, 0.05) is 17.0 Å². The quantitative estimate of drug-likeness (QED) is 0.283. The molecule has 0 amide bonds. The van der Waals surface area contributed by atoms with Crippen molar-refractivity contribution in [2.75, 3.05) is 0 Å². The monoisotopic (exact) mass is 418 g/mol. The van der Waals surface area contributed by atoms with Crippen molar-refractivity contribution >= 4 is 11.0 Å². The molecule has 6 nitrogen and oxygen atoms in total. The van der Waals surface area contributed by atoms with E-state index in [1.54, 1.807) is 6.07 Å². The van der Waals surface area contributed by atoms with E-state index in [2.05, 4.69) is 24.0 Å². The van der Waals surface area contributed by atoms with Crippen LogP contribution < -0.4 is 5.63 Å². The molecule has 2 aromatic heterocycles. The smallest absolute Gasteiger partial charge is 0.349 e. The molecule has 0 unspecified atom stereocenters. The van der Waals surface area contributed by atoms with E-state index in [0.717, 1.165) is 48.8 Å². The Balaban J connectivity index is 1.67. The number of benzene rings is 2. The molecule has 160 valence electrons. The number of rotatable bonds is 8. The molecule has 31 heavy (non-hydrogen) atoms. The van der Waals surface area contributed by atoms with E-state index in [4.69, 9.17) is 8.83 Å². The second-order valence-electron chi connectivity index (χ2n) is 7.74. The summed E-state index contributed by atoms with van der Waals surface area (Å²) < 4.78 is 11.2. The van der Waals surface area contributed by atoms with E-state index in [-0.39, 0.29) is 17.2 Å². The number of nitrogens with zero attached hydrogens (tertiary/aromatic N) is 2. The van der Waals surface area contributed by atoms with E-state index >= 15 is 0 Å². The molecule has 6 heteroatoms. The Morgan fingerprint density at radius 2 is 1.77 bits per heavy atom. The molecular weight excluding hydrogens is 392 g/mol. The van der Waals surface area contributed by atoms with E-state index < -0.39 is 5.63 Å². The third kappa shape index (κ3) is 4.53. The zero-order valence-corrected chi connectivity index (χ0v) is 17.9. The SMILES string of the molecule is CCCCCCc1cc2cc(-c3nnc(-c4cccc(CC)c4)o3)c(=O)oc2cc1O. The summed E-state index contributed by atoms with van der Waals surface area (Å²) in [6.45, 7) is 4.25. The predicted octanol–water partition coefficient (Wildman–Crippen LogP) is 5.90. The molecule has 2 aromatic carbocycles. The fraction of sp³-hybridized carbons (Fsp3) is 0.320. The van der Waals surface area contributed by atoms with Crippen LogP contribution in [0.25, 0.3) is 33.9 Å². The van der Waals surface area contributed by atoms with Crippen LogP contribution in [0.5, 0.6) is 5.75 Å². The number of aromatic hydroxyl groups is 1. The van der Waals surface area contributed by atoms with Gasteiger partial charge in [0.15, 0.2) is 0 Å². The molecule has 4 rings (SSSR count). The van der Waals surface area contributed by atoms with Gasteiger partial charge in [-0.05, 0) is 54.7 Å². The number of fused-ring (bicyclic) bond motifs is 1. The minimum Gasteiger partial charge on any atom is -0.508 e. The number of aryl methyl sites for hydroxylation is 2. The first-order valence-electron chi connectivity index (χ1n) is 10.8. The molecule has 0 saturated heterocycles. The average molecular weight is 418 g/mol. The summed E-state index contributed by atoms with van der Waals surface area (Å²) in [7, 11) is 0. The van der Waals surface area contributed by atoms with Crippen LogP contribution in [-0.2, 0) is 12.8 Å². The third-order valence-electron chi connectivity index (χ3n) is 5.47. The number of phenolic OH excluding ortho intramolecular Hbond substituents is 1. The van der Waals surface area contributed by atoms with Crippen LogP contribution in [0.4, 0.5) is 0 Å². The molecule has 0 atom stereocenters. The Bertz CT molecular complexity index is 1260. The summed E-state index contributed by atoms with van der Waals surface area (Å²) in [5.74, 6) is 0.619. The van der Waals surface area contributed by atoms with Gasteiger partial charge in [-0.1, -0.05) is 45.2 Å². The minimum atomic E-state index is -0.583. The van der Waals surface area contributed by atoms with E-state index in [9.17, 15) is 9.90 Å². The highest BCUT2D eigenvalue weighted by atomic mass is 16.4. The molecule has 0 spiro atoms. The first-order valence-corrected chi connectivity index (χ1v) is 10.8. The molecule has 0 radical (unpaired) electrons. The Kier molecular flexibility index (Phi) is 6.16. The Labute approximate surface area is 180 Å². The maximum atomic E-state index is 12.5. The topological polar surface area (TPSA) is 89.4 Å². The molecule has 1 N–H and O–H groups in total. The average Bonchev–Trinajstić information content (AvgIpc) is 3.27. The Hall–Kier alpha value is -3.41. The van der Waals surface area contributed by atoms with Crippen molar-refractivity contribution in [3.63, 3.8) is 0 Å². The standard InChI is InChI=1S/C25H26N2O4/c1-3-5-6-7-10-17-13-19-14-20(25(29)30-22(19)15-21(17)28)24-27-26-23(31-24)18-11-8-9-16(4-2)12-18/h8-9,11-15,28H,3-7,10H2,1-2H3. The fourth-order valence-corrected chi connectivity index (χ4v) is 3.67. The third-order valence-corrected chi connectivity index (χ3v) is 5.47. The van der Waals surface area contributed by atoms with E-state index in [0.29, 0.717) is 16.9 Å².